The standard InChI is InChI=1S/C25H27ClN2O4S/c1-25(2,3)22-13-17(21-14-18(26)7-11-23(21)29)12-16(24(22)32-4)6-8-19-9-10-20(15-27-19)28-33(5,30)31/h6-10,12-15,28H,11H2,1-5H3/b8-6+. The number of Topliss-reactive ketones (excluding diaryl/α,β-unsaturated/α-hetero) is 1. The average molecular weight is 487 g/mol. The van der Waals surface area contributed by atoms with Crippen molar-refractivity contribution in [2.45, 2.75) is 32.6 Å². The van der Waals surface area contributed by atoms with Crippen molar-refractivity contribution in [2.24, 2.45) is 0 Å². The lowest BCUT2D eigenvalue weighted by Gasteiger charge is -2.25. The number of rotatable bonds is 6. The van der Waals surface area contributed by atoms with E-state index in [0.29, 0.717) is 27.7 Å². The van der Waals surface area contributed by atoms with E-state index in [2.05, 4.69) is 30.5 Å². The normalized spacial score (nSPS) is 14.8. The number of methoxy groups -OCH3 is 1. The van der Waals surface area contributed by atoms with Crippen molar-refractivity contribution in [3.8, 4) is 5.75 Å². The zero-order valence-corrected chi connectivity index (χ0v) is 20.8. The summed E-state index contributed by atoms with van der Waals surface area (Å²) < 4.78 is 30.9. The molecule has 33 heavy (non-hydrogen) atoms. The van der Waals surface area contributed by atoms with Crippen LogP contribution in [0.5, 0.6) is 5.75 Å². The molecule has 0 amide bonds. The van der Waals surface area contributed by atoms with Crippen molar-refractivity contribution in [1.82, 2.24) is 4.98 Å². The van der Waals surface area contributed by atoms with Crippen molar-refractivity contribution >= 4 is 50.8 Å². The number of carbonyl (C=O) groups is 1. The lowest BCUT2D eigenvalue weighted by molar-refractivity contribution is -0.113. The molecule has 174 valence electrons. The molecule has 2 aromatic rings. The molecule has 1 N–H and O–H groups in total. The first-order valence-electron chi connectivity index (χ1n) is 10.3. The van der Waals surface area contributed by atoms with Gasteiger partial charge in [0, 0.05) is 28.2 Å². The number of carbonyl (C=O) groups excluding carboxylic acids is 1. The van der Waals surface area contributed by atoms with E-state index in [1.807, 2.05) is 24.3 Å². The number of benzene rings is 1. The fourth-order valence-electron chi connectivity index (χ4n) is 3.49. The Bertz CT molecular complexity index is 1270. The molecule has 8 heteroatoms. The zero-order chi connectivity index (χ0) is 24.4. The number of nitrogens with zero attached hydrogens (tertiary/aromatic N) is 1. The lowest BCUT2D eigenvalue weighted by Crippen LogP contribution is -2.15. The highest BCUT2D eigenvalue weighted by atomic mass is 35.5. The maximum Gasteiger partial charge on any atom is 0.229 e. The Morgan fingerprint density at radius 3 is 2.48 bits per heavy atom. The van der Waals surface area contributed by atoms with Gasteiger partial charge in [0.2, 0.25) is 10.0 Å². The molecular formula is C25H27ClN2O4S. The van der Waals surface area contributed by atoms with Gasteiger partial charge in [-0.2, -0.15) is 0 Å². The number of hydrogen-bond donors (Lipinski definition) is 1. The van der Waals surface area contributed by atoms with E-state index in [4.69, 9.17) is 16.3 Å². The van der Waals surface area contributed by atoms with Crippen LogP contribution in [0, 0.1) is 0 Å². The molecule has 1 aliphatic rings. The molecule has 0 aliphatic heterocycles. The maximum absolute atomic E-state index is 12.6. The number of pyridine rings is 1. The van der Waals surface area contributed by atoms with Gasteiger partial charge in [-0.3, -0.25) is 14.5 Å². The van der Waals surface area contributed by atoms with Gasteiger partial charge in [-0.25, -0.2) is 8.42 Å². The molecule has 0 radical (unpaired) electrons. The van der Waals surface area contributed by atoms with E-state index in [0.717, 1.165) is 22.9 Å². The second kappa shape index (κ2) is 9.53. The van der Waals surface area contributed by atoms with Crippen LogP contribution < -0.4 is 9.46 Å². The van der Waals surface area contributed by atoms with Crippen LogP contribution >= 0.6 is 11.6 Å². The minimum absolute atomic E-state index is 0.00925. The van der Waals surface area contributed by atoms with Crippen LogP contribution in [-0.2, 0) is 20.2 Å². The third-order valence-corrected chi connectivity index (χ3v) is 5.90. The van der Waals surface area contributed by atoms with Crippen LogP contribution in [-0.4, -0.2) is 32.6 Å². The monoisotopic (exact) mass is 486 g/mol. The van der Waals surface area contributed by atoms with Gasteiger partial charge >= 0.3 is 0 Å². The number of sulfonamides is 1. The van der Waals surface area contributed by atoms with Crippen molar-refractivity contribution in [3.05, 3.63) is 70.0 Å². The molecule has 3 rings (SSSR count). The largest absolute Gasteiger partial charge is 0.496 e. The molecule has 1 heterocycles. The average Bonchev–Trinajstić information content (AvgIpc) is 2.72. The van der Waals surface area contributed by atoms with E-state index in [-0.39, 0.29) is 17.6 Å². The molecule has 1 aromatic carbocycles. The minimum atomic E-state index is -3.37. The number of allylic oxidation sites excluding steroid dienone is 4. The fraction of sp³-hybridized carbons (Fsp3) is 0.280. The molecule has 6 nitrogen and oxygen atoms in total. The Morgan fingerprint density at radius 2 is 1.91 bits per heavy atom. The van der Waals surface area contributed by atoms with Crippen molar-refractivity contribution in [2.75, 3.05) is 18.1 Å². The first-order chi connectivity index (χ1) is 15.4. The fourth-order valence-corrected chi connectivity index (χ4v) is 4.23. The smallest absolute Gasteiger partial charge is 0.229 e. The Balaban J connectivity index is 2.06. The number of hydrogen-bond acceptors (Lipinski definition) is 5. The quantitative estimate of drug-likeness (QED) is 0.590. The van der Waals surface area contributed by atoms with E-state index >= 15 is 0 Å². The summed E-state index contributed by atoms with van der Waals surface area (Å²) in [6.07, 6.45) is 9.89. The lowest BCUT2D eigenvalue weighted by atomic mass is 9.82. The second-order valence-electron chi connectivity index (χ2n) is 8.85. The molecule has 1 aliphatic carbocycles. The summed E-state index contributed by atoms with van der Waals surface area (Å²) in [5, 5.41) is 0.543. The van der Waals surface area contributed by atoms with Crippen LogP contribution in [0.3, 0.4) is 0 Å². The summed E-state index contributed by atoms with van der Waals surface area (Å²) in [6.45, 7) is 6.25. The van der Waals surface area contributed by atoms with Crippen LogP contribution in [0.4, 0.5) is 5.69 Å². The third kappa shape index (κ3) is 6.33. The summed E-state index contributed by atoms with van der Waals surface area (Å²) in [4.78, 5) is 16.9. The van der Waals surface area contributed by atoms with Crippen LogP contribution in [0.2, 0.25) is 0 Å². The van der Waals surface area contributed by atoms with Gasteiger partial charge in [-0.1, -0.05) is 38.4 Å². The van der Waals surface area contributed by atoms with Gasteiger partial charge in [0.15, 0.2) is 5.78 Å². The Hall–Kier alpha value is -2.90. The Kier molecular flexibility index (Phi) is 7.14. The summed E-state index contributed by atoms with van der Waals surface area (Å²) in [5.74, 6) is 0.721. The first-order valence-corrected chi connectivity index (χ1v) is 12.6. The van der Waals surface area contributed by atoms with E-state index < -0.39 is 10.0 Å². The van der Waals surface area contributed by atoms with E-state index in [9.17, 15) is 13.2 Å². The molecule has 1 aromatic heterocycles. The molecule has 0 saturated heterocycles. The molecule has 0 bridgehead atoms. The molecule has 0 unspecified atom stereocenters. The SMILES string of the molecule is COc1c(/C=C/c2ccc(NS(C)(=O)=O)cn2)cc(C2=CC(Cl)=CCC2=O)cc1C(C)(C)C. The zero-order valence-electron chi connectivity index (χ0n) is 19.3. The van der Waals surface area contributed by atoms with E-state index in [1.54, 1.807) is 31.4 Å². The highest BCUT2D eigenvalue weighted by Gasteiger charge is 2.24. The maximum atomic E-state index is 12.6. The number of ketones is 1. The first kappa shape index (κ1) is 24.7. The summed E-state index contributed by atoms with van der Waals surface area (Å²) in [7, 11) is -1.75. The van der Waals surface area contributed by atoms with Gasteiger partial charge in [-0.05, 0) is 53.5 Å². The van der Waals surface area contributed by atoms with Gasteiger partial charge in [0.25, 0.3) is 0 Å². The van der Waals surface area contributed by atoms with Gasteiger partial charge < -0.3 is 4.74 Å². The number of anilines is 1. The third-order valence-electron chi connectivity index (χ3n) is 5.03. The van der Waals surface area contributed by atoms with Gasteiger partial charge in [0.1, 0.15) is 5.75 Å². The molecule has 0 spiro atoms. The van der Waals surface area contributed by atoms with Crippen molar-refractivity contribution in [3.63, 3.8) is 0 Å². The summed E-state index contributed by atoms with van der Waals surface area (Å²) in [5.41, 5.74) is 3.88. The number of halogens is 1. The second-order valence-corrected chi connectivity index (χ2v) is 11.0. The van der Waals surface area contributed by atoms with Crippen molar-refractivity contribution in [1.29, 1.82) is 0 Å². The Labute approximate surface area is 200 Å². The van der Waals surface area contributed by atoms with E-state index in [1.165, 1.54) is 6.20 Å². The predicted molar refractivity (Wildman–Crippen MR) is 135 cm³/mol. The number of aromatic nitrogens is 1. The molecular weight excluding hydrogens is 460 g/mol. The van der Waals surface area contributed by atoms with Gasteiger partial charge in [0.05, 0.1) is 30.9 Å². The summed E-state index contributed by atoms with van der Waals surface area (Å²) >= 11 is 6.19. The minimum Gasteiger partial charge on any atom is -0.496 e. The van der Waals surface area contributed by atoms with Crippen LogP contribution in [0.1, 0.15) is 49.6 Å². The highest BCUT2D eigenvalue weighted by Crippen LogP contribution is 2.39. The molecule has 0 saturated carbocycles. The molecule has 0 atom stereocenters. The topological polar surface area (TPSA) is 85.4 Å². The highest BCUT2D eigenvalue weighted by molar-refractivity contribution is 7.92. The van der Waals surface area contributed by atoms with Crippen LogP contribution in [0.25, 0.3) is 17.7 Å². The summed E-state index contributed by atoms with van der Waals surface area (Å²) in [6, 6.07) is 7.24. The van der Waals surface area contributed by atoms with Crippen molar-refractivity contribution < 1.29 is 17.9 Å². The van der Waals surface area contributed by atoms with Crippen LogP contribution in [0.15, 0.2) is 47.6 Å². The number of nitrogens with one attached hydrogen (secondary N) is 1. The predicted octanol–water partition coefficient (Wildman–Crippen LogP) is 5.41. The molecule has 0 fully saturated rings. The number of ether oxygens (including phenoxy) is 1. The Morgan fingerprint density at radius 1 is 1.18 bits per heavy atom. The van der Waals surface area contributed by atoms with Gasteiger partial charge in [-0.15, -0.1) is 0 Å².